The van der Waals surface area contributed by atoms with Gasteiger partial charge in [0.05, 0.1) is 10.9 Å². The first kappa shape index (κ1) is 22.3. The Hall–Kier alpha value is -3.52. The lowest BCUT2D eigenvalue weighted by Crippen LogP contribution is -2.37. The Morgan fingerprint density at radius 1 is 1.06 bits per heavy atom. The minimum absolute atomic E-state index is 0.0397. The number of nitrogens with one attached hydrogen (secondary N) is 2. The molecule has 1 fully saturated rings. The zero-order valence-electron chi connectivity index (χ0n) is 18.5. The first-order chi connectivity index (χ1) is 16.5. The third-order valence-electron chi connectivity index (χ3n) is 6.22. The van der Waals surface area contributed by atoms with Crippen molar-refractivity contribution in [2.45, 2.75) is 50.5 Å². The summed E-state index contributed by atoms with van der Waals surface area (Å²) in [6, 6.07) is 14.6. The number of aromatic nitrogens is 4. The summed E-state index contributed by atoms with van der Waals surface area (Å²) in [4.78, 5) is 31.9. The van der Waals surface area contributed by atoms with Crippen LogP contribution in [0.1, 0.15) is 49.7 Å². The molecule has 0 radical (unpaired) electrons. The second-order valence-corrected chi connectivity index (χ2v) is 9.03. The number of H-pyrrole nitrogens is 1. The van der Waals surface area contributed by atoms with Crippen LogP contribution >= 0.6 is 11.6 Å². The first-order valence-electron chi connectivity index (χ1n) is 11.4. The van der Waals surface area contributed by atoms with E-state index in [1.807, 2.05) is 18.2 Å². The molecule has 2 aromatic heterocycles. The highest BCUT2D eigenvalue weighted by Crippen LogP contribution is 2.33. The van der Waals surface area contributed by atoms with E-state index in [0.29, 0.717) is 40.0 Å². The van der Waals surface area contributed by atoms with Gasteiger partial charge >= 0.3 is 0 Å². The van der Waals surface area contributed by atoms with E-state index >= 15 is 0 Å². The van der Waals surface area contributed by atoms with Crippen LogP contribution in [0.5, 0.6) is 0 Å². The Labute approximate surface area is 200 Å². The van der Waals surface area contributed by atoms with Gasteiger partial charge in [-0.1, -0.05) is 23.7 Å². The van der Waals surface area contributed by atoms with Gasteiger partial charge in [-0.2, -0.15) is 0 Å². The topological polar surface area (TPSA) is 114 Å². The molecule has 34 heavy (non-hydrogen) atoms. The highest BCUT2D eigenvalue weighted by molar-refractivity contribution is 6.30. The Kier molecular flexibility index (Phi) is 6.40. The van der Waals surface area contributed by atoms with Crippen LogP contribution in [0, 0.1) is 0 Å². The zero-order valence-corrected chi connectivity index (χ0v) is 19.2. The molecule has 2 N–H and O–H groups in total. The zero-order chi connectivity index (χ0) is 23.5. The lowest BCUT2D eigenvalue weighted by Gasteiger charge is -2.27. The number of hydrogen-bond acceptors (Lipinski definition) is 6. The lowest BCUT2D eigenvalue weighted by atomic mass is 9.86. The number of para-hydroxylation sites is 1. The van der Waals surface area contributed by atoms with E-state index in [4.69, 9.17) is 16.0 Å². The Morgan fingerprint density at radius 3 is 2.62 bits per heavy atom. The minimum Gasteiger partial charge on any atom is -0.420 e. The van der Waals surface area contributed by atoms with Gasteiger partial charge in [0.1, 0.15) is 5.82 Å². The SMILES string of the molecule is O=C(CCc1nc2ccccc2c(=O)[nH]1)NC1CCC(c2nnc(-c3ccc(Cl)cc3)o2)CC1. The number of amides is 1. The highest BCUT2D eigenvalue weighted by atomic mass is 35.5. The second-order valence-electron chi connectivity index (χ2n) is 8.60. The molecule has 4 aromatic rings. The molecule has 2 aromatic carbocycles. The van der Waals surface area contributed by atoms with Crippen molar-refractivity contribution in [1.82, 2.24) is 25.5 Å². The number of halogens is 1. The molecule has 9 heteroatoms. The number of aromatic amines is 1. The fourth-order valence-corrected chi connectivity index (χ4v) is 4.50. The van der Waals surface area contributed by atoms with E-state index in [0.717, 1.165) is 31.2 Å². The molecular formula is C25H24ClN5O3. The first-order valence-corrected chi connectivity index (χ1v) is 11.8. The van der Waals surface area contributed by atoms with Crippen molar-refractivity contribution >= 4 is 28.4 Å². The average molecular weight is 478 g/mol. The third kappa shape index (κ3) is 5.02. The summed E-state index contributed by atoms with van der Waals surface area (Å²) in [5.41, 5.74) is 1.30. The van der Waals surface area contributed by atoms with Gasteiger partial charge < -0.3 is 14.7 Å². The maximum absolute atomic E-state index is 12.5. The average Bonchev–Trinajstić information content (AvgIpc) is 3.34. The number of fused-ring (bicyclic) bond motifs is 1. The van der Waals surface area contributed by atoms with Crippen molar-refractivity contribution in [1.29, 1.82) is 0 Å². The largest absolute Gasteiger partial charge is 0.420 e. The van der Waals surface area contributed by atoms with Crippen molar-refractivity contribution in [3.05, 3.63) is 75.6 Å². The van der Waals surface area contributed by atoms with Crippen LogP contribution in [0.15, 0.2) is 57.7 Å². The molecule has 0 atom stereocenters. The molecule has 1 aliphatic carbocycles. The normalized spacial score (nSPS) is 18.1. The minimum atomic E-state index is -0.181. The van der Waals surface area contributed by atoms with Crippen LogP contribution in [0.3, 0.4) is 0 Å². The predicted octanol–water partition coefficient (Wildman–Crippen LogP) is 4.40. The maximum atomic E-state index is 12.5. The van der Waals surface area contributed by atoms with Crippen molar-refractivity contribution in [2.75, 3.05) is 0 Å². The molecule has 0 saturated heterocycles. The molecule has 0 unspecified atom stereocenters. The molecule has 0 spiro atoms. The number of nitrogens with zero attached hydrogens (tertiary/aromatic N) is 3. The standard InChI is InChI=1S/C25H24ClN5O3/c26-17-9-5-15(6-10-17)24-30-31-25(34-24)16-7-11-18(12-8-16)27-22(32)14-13-21-28-20-4-2-1-3-19(20)23(33)29-21/h1-6,9-10,16,18H,7-8,11-14H2,(H,27,32)(H,28,29,33). The molecule has 2 heterocycles. The van der Waals surface area contributed by atoms with Crippen LogP contribution in [0.4, 0.5) is 0 Å². The number of carbonyl (C=O) groups excluding carboxylic acids is 1. The fourth-order valence-electron chi connectivity index (χ4n) is 4.38. The van der Waals surface area contributed by atoms with Crippen LogP contribution in [-0.4, -0.2) is 32.1 Å². The van der Waals surface area contributed by atoms with E-state index in [1.165, 1.54) is 0 Å². The van der Waals surface area contributed by atoms with Gasteiger partial charge in [0, 0.05) is 35.4 Å². The molecule has 0 aliphatic heterocycles. The monoisotopic (exact) mass is 477 g/mol. The number of aryl methyl sites for hydroxylation is 1. The van der Waals surface area contributed by atoms with E-state index in [2.05, 4.69) is 25.5 Å². The summed E-state index contributed by atoms with van der Waals surface area (Å²) in [7, 11) is 0. The lowest BCUT2D eigenvalue weighted by molar-refractivity contribution is -0.122. The van der Waals surface area contributed by atoms with Crippen LogP contribution in [0.25, 0.3) is 22.4 Å². The van der Waals surface area contributed by atoms with Gasteiger partial charge in [-0.3, -0.25) is 9.59 Å². The van der Waals surface area contributed by atoms with Crippen molar-refractivity contribution in [3.8, 4) is 11.5 Å². The summed E-state index contributed by atoms with van der Waals surface area (Å²) < 4.78 is 5.90. The maximum Gasteiger partial charge on any atom is 0.258 e. The predicted molar refractivity (Wildman–Crippen MR) is 129 cm³/mol. The Balaban J connectivity index is 1.11. The summed E-state index contributed by atoms with van der Waals surface area (Å²) >= 11 is 5.94. The van der Waals surface area contributed by atoms with Crippen molar-refractivity contribution < 1.29 is 9.21 Å². The van der Waals surface area contributed by atoms with Crippen molar-refractivity contribution in [2.24, 2.45) is 0 Å². The number of carbonyl (C=O) groups is 1. The van der Waals surface area contributed by atoms with Gasteiger partial charge in [0.2, 0.25) is 17.7 Å². The van der Waals surface area contributed by atoms with E-state index in [9.17, 15) is 9.59 Å². The molecule has 174 valence electrons. The molecule has 1 amide bonds. The highest BCUT2D eigenvalue weighted by Gasteiger charge is 2.27. The summed E-state index contributed by atoms with van der Waals surface area (Å²) in [6.07, 6.45) is 4.09. The summed E-state index contributed by atoms with van der Waals surface area (Å²) in [5, 5.41) is 12.7. The van der Waals surface area contributed by atoms with Crippen LogP contribution in [-0.2, 0) is 11.2 Å². The van der Waals surface area contributed by atoms with Gasteiger partial charge in [-0.15, -0.1) is 10.2 Å². The molecule has 0 bridgehead atoms. The van der Waals surface area contributed by atoms with Crippen molar-refractivity contribution in [3.63, 3.8) is 0 Å². The summed E-state index contributed by atoms with van der Waals surface area (Å²) in [5.74, 6) is 1.80. The van der Waals surface area contributed by atoms with E-state index in [-0.39, 0.29) is 29.8 Å². The van der Waals surface area contributed by atoms with E-state index < -0.39 is 0 Å². The number of hydrogen-bond donors (Lipinski definition) is 2. The second kappa shape index (κ2) is 9.77. The smallest absolute Gasteiger partial charge is 0.258 e. The number of rotatable bonds is 6. The van der Waals surface area contributed by atoms with Gasteiger partial charge in [-0.25, -0.2) is 4.98 Å². The quantitative estimate of drug-likeness (QED) is 0.425. The third-order valence-corrected chi connectivity index (χ3v) is 6.48. The van der Waals surface area contributed by atoms with Crippen LogP contribution in [0.2, 0.25) is 5.02 Å². The Morgan fingerprint density at radius 2 is 1.82 bits per heavy atom. The molecule has 5 rings (SSSR count). The molecule has 1 saturated carbocycles. The number of benzene rings is 2. The van der Waals surface area contributed by atoms with Gasteiger partial charge in [-0.05, 0) is 62.1 Å². The Bertz CT molecular complexity index is 1360. The molecule has 8 nitrogen and oxygen atoms in total. The molecular weight excluding hydrogens is 454 g/mol. The van der Waals surface area contributed by atoms with Gasteiger partial charge in [0.25, 0.3) is 5.56 Å². The van der Waals surface area contributed by atoms with E-state index in [1.54, 1.807) is 30.3 Å². The van der Waals surface area contributed by atoms with Crippen LogP contribution < -0.4 is 10.9 Å². The molecule has 1 aliphatic rings. The fraction of sp³-hybridized carbons (Fsp3) is 0.320. The van der Waals surface area contributed by atoms with Gasteiger partial charge in [0.15, 0.2) is 0 Å². The summed E-state index contributed by atoms with van der Waals surface area (Å²) in [6.45, 7) is 0.